The van der Waals surface area contributed by atoms with Crippen LogP contribution in [0.25, 0.3) is 5.70 Å². The van der Waals surface area contributed by atoms with Crippen molar-refractivity contribution in [1.29, 1.82) is 0 Å². The topological polar surface area (TPSA) is 90.9 Å². The fourth-order valence-electron chi connectivity index (χ4n) is 3.14. The van der Waals surface area contributed by atoms with Gasteiger partial charge in [0.25, 0.3) is 0 Å². The molecule has 2 aliphatic heterocycles. The Morgan fingerprint density at radius 1 is 1.46 bits per heavy atom. The van der Waals surface area contributed by atoms with Crippen LogP contribution in [-0.4, -0.2) is 48.3 Å². The van der Waals surface area contributed by atoms with E-state index in [0.717, 1.165) is 73.4 Å². The number of nitrogens with zero attached hydrogens (tertiary/aromatic N) is 5. The average molecular weight is 398 g/mol. The van der Waals surface area contributed by atoms with Crippen molar-refractivity contribution in [2.45, 2.75) is 19.4 Å². The number of hydrogen-bond donors (Lipinski definition) is 2. The lowest BCUT2D eigenvalue weighted by molar-refractivity contribution is 0.412. The summed E-state index contributed by atoms with van der Waals surface area (Å²) in [5.74, 6) is 2.48. The number of pyridine rings is 1. The Morgan fingerprint density at radius 2 is 2.43 bits per heavy atom. The van der Waals surface area contributed by atoms with E-state index in [4.69, 9.17) is 9.51 Å². The van der Waals surface area contributed by atoms with Gasteiger partial charge >= 0.3 is 0 Å². The first-order valence-electron chi connectivity index (χ1n) is 9.28. The van der Waals surface area contributed by atoms with Crippen molar-refractivity contribution < 1.29 is 4.52 Å². The molecule has 2 N–H and O–H groups in total. The van der Waals surface area contributed by atoms with Gasteiger partial charge in [-0.15, -0.1) is 11.8 Å². The van der Waals surface area contributed by atoms with E-state index in [1.807, 2.05) is 23.6 Å². The second-order valence-corrected chi connectivity index (χ2v) is 7.36. The summed E-state index contributed by atoms with van der Waals surface area (Å²) in [4.78, 5) is 15.6. The highest BCUT2D eigenvalue weighted by Crippen LogP contribution is 2.25. The molecule has 146 valence electrons. The quantitative estimate of drug-likeness (QED) is 0.439. The van der Waals surface area contributed by atoms with E-state index in [2.05, 4.69) is 37.4 Å². The van der Waals surface area contributed by atoms with Crippen molar-refractivity contribution in [2.75, 3.05) is 30.4 Å². The van der Waals surface area contributed by atoms with Crippen LogP contribution in [0, 0.1) is 0 Å². The number of aromatic nitrogens is 2. The molecule has 0 aromatic carbocycles. The van der Waals surface area contributed by atoms with Gasteiger partial charge in [0.05, 0.1) is 23.0 Å². The van der Waals surface area contributed by atoms with Crippen molar-refractivity contribution >= 4 is 36.0 Å². The van der Waals surface area contributed by atoms with Gasteiger partial charge in [0, 0.05) is 43.6 Å². The summed E-state index contributed by atoms with van der Waals surface area (Å²) in [7, 11) is 0. The van der Waals surface area contributed by atoms with E-state index in [1.54, 1.807) is 18.0 Å². The van der Waals surface area contributed by atoms with Crippen molar-refractivity contribution in [1.82, 2.24) is 20.8 Å². The molecule has 0 saturated carbocycles. The average Bonchev–Trinajstić information content (AvgIpc) is 3.22. The Bertz CT molecular complexity index is 892. The molecule has 0 atom stereocenters. The van der Waals surface area contributed by atoms with Crippen LogP contribution in [0.2, 0.25) is 0 Å². The summed E-state index contributed by atoms with van der Waals surface area (Å²) in [6, 6.07) is 5.98. The molecular formula is C19H23N7OS. The summed E-state index contributed by atoms with van der Waals surface area (Å²) >= 11 is 1.61. The monoisotopic (exact) mass is 397 g/mol. The SMILES string of the molecule is C=N/C(=C\SCNC1=NCCCN1)c1cccc(N2CCc3nocc3C2)n1. The molecule has 2 aromatic heterocycles. The van der Waals surface area contributed by atoms with E-state index in [1.165, 1.54) is 0 Å². The fraction of sp³-hybridized carbons (Fsp3) is 0.368. The number of fused-ring (bicyclic) bond motifs is 1. The van der Waals surface area contributed by atoms with Crippen molar-refractivity contribution in [2.24, 2.45) is 9.98 Å². The molecule has 8 nitrogen and oxygen atoms in total. The minimum Gasteiger partial charge on any atom is -0.364 e. The van der Waals surface area contributed by atoms with Crippen LogP contribution in [0.3, 0.4) is 0 Å². The number of rotatable bonds is 6. The van der Waals surface area contributed by atoms with Crippen LogP contribution in [0.5, 0.6) is 0 Å². The van der Waals surface area contributed by atoms with Crippen LogP contribution in [-0.2, 0) is 13.0 Å². The predicted octanol–water partition coefficient (Wildman–Crippen LogP) is 2.26. The number of hydrogen-bond acceptors (Lipinski definition) is 9. The van der Waals surface area contributed by atoms with Gasteiger partial charge in [-0.3, -0.25) is 9.98 Å². The Kier molecular flexibility index (Phi) is 5.91. The molecule has 4 heterocycles. The van der Waals surface area contributed by atoms with Crippen molar-refractivity contribution in [3.63, 3.8) is 0 Å². The van der Waals surface area contributed by atoms with Gasteiger partial charge in [-0.2, -0.15) is 0 Å². The Labute approximate surface area is 168 Å². The lowest BCUT2D eigenvalue weighted by Gasteiger charge is -2.27. The number of anilines is 1. The van der Waals surface area contributed by atoms with Gasteiger partial charge in [0.1, 0.15) is 12.1 Å². The first-order chi connectivity index (χ1) is 13.8. The van der Waals surface area contributed by atoms with Crippen molar-refractivity contribution in [3.8, 4) is 0 Å². The maximum Gasteiger partial charge on any atom is 0.191 e. The Morgan fingerprint density at radius 3 is 3.29 bits per heavy atom. The van der Waals surface area contributed by atoms with E-state index in [0.29, 0.717) is 5.88 Å². The summed E-state index contributed by atoms with van der Waals surface area (Å²) in [6.07, 6.45) is 3.66. The van der Waals surface area contributed by atoms with Gasteiger partial charge in [-0.05, 0) is 25.3 Å². The van der Waals surface area contributed by atoms with Gasteiger partial charge in [-0.25, -0.2) is 4.98 Å². The van der Waals surface area contributed by atoms with Crippen molar-refractivity contribution in [3.05, 3.63) is 46.8 Å². The maximum atomic E-state index is 5.08. The third-order valence-electron chi connectivity index (χ3n) is 4.61. The van der Waals surface area contributed by atoms with E-state index >= 15 is 0 Å². The van der Waals surface area contributed by atoms with E-state index in [9.17, 15) is 0 Å². The summed E-state index contributed by atoms with van der Waals surface area (Å²) in [5, 5.41) is 12.5. The Balaban J connectivity index is 1.40. The maximum absolute atomic E-state index is 5.08. The van der Waals surface area contributed by atoms with Crippen LogP contribution in [0.1, 0.15) is 23.4 Å². The molecule has 0 fully saturated rings. The second-order valence-electron chi connectivity index (χ2n) is 6.50. The minimum absolute atomic E-state index is 0.701. The highest BCUT2D eigenvalue weighted by atomic mass is 32.2. The van der Waals surface area contributed by atoms with E-state index < -0.39 is 0 Å². The molecular weight excluding hydrogens is 374 g/mol. The number of thioether (sulfide) groups is 1. The molecule has 0 unspecified atom stereocenters. The van der Waals surface area contributed by atoms with Gasteiger partial charge in [0.2, 0.25) is 0 Å². The molecule has 0 bridgehead atoms. The fourth-order valence-corrected chi connectivity index (χ4v) is 3.79. The number of aliphatic imine (C=N–C) groups is 2. The van der Waals surface area contributed by atoms with E-state index in [-0.39, 0.29) is 0 Å². The second kappa shape index (κ2) is 8.92. The highest BCUT2D eigenvalue weighted by molar-refractivity contribution is 8.02. The molecule has 0 amide bonds. The molecule has 4 rings (SSSR count). The smallest absolute Gasteiger partial charge is 0.191 e. The molecule has 9 heteroatoms. The summed E-state index contributed by atoms with van der Waals surface area (Å²) in [6.45, 7) is 7.17. The molecule has 2 aliphatic rings. The zero-order valence-corrected chi connectivity index (χ0v) is 16.4. The first-order valence-corrected chi connectivity index (χ1v) is 10.3. The molecule has 0 radical (unpaired) electrons. The zero-order chi connectivity index (χ0) is 19.2. The van der Waals surface area contributed by atoms with Gasteiger partial charge in [-0.1, -0.05) is 11.2 Å². The van der Waals surface area contributed by atoms with Crippen LogP contribution in [0.15, 0.2) is 44.4 Å². The molecule has 2 aromatic rings. The summed E-state index contributed by atoms with van der Waals surface area (Å²) < 4.78 is 5.08. The lowest BCUT2D eigenvalue weighted by Crippen LogP contribution is -2.40. The number of nitrogens with one attached hydrogen (secondary N) is 2. The zero-order valence-electron chi connectivity index (χ0n) is 15.6. The normalized spacial score (nSPS) is 16.8. The first kappa shape index (κ1) is 18.5. The van der Waals surface area contributed by atoms with Gasteiger partial charge in [0.15, 0.2) is 5.96 Å². The molecule has 0 spiro atoms. The third kappa shape index (κ3) is 4.36. The van der Waals surface area contributed by atoms with Crippen LogP contribution in [0.4, 0.5) is 5.82 Å². The molecule has 0 aliphatic carbocycles. The predicted molar refractivity (Wildman–Crippen MR) is 114 cm³/mol. The Hall–Kier alpha value is -2.81. The van der Waals surface area contributed by atoms with Gasteiger partial charge < -0.3 is 20.1 Å². The molecule has 0 saturated heterocycles. The lowest BCUT2D eigenvalue weighted by atomic mass is 10.1. The summed E-state index contributed by atoms with van der Waals surface area (Å²) in [5.41, 5.74) is 3.73. The standard InChI is InChI=1S/C19H23N7OS/c1-20-17(12-28-13-23-19-21-7-3-8-22-19)16-4-2-5-18(24-16)26-9-6-15-14(10-26)11-27-25-15/h2,4-5,11-12H,1,3,6-10,13H2,(H2,21,22,23)/b17-12-. The largest absolute Gasteiger partial charge is 0.364 e. The number of guanidine groups is 1. The third-order valence-corrected chi connectivity index (χ3v) is 5.32. The minimum atomic E-state index is 0.701. The van der Waals surface area contributed by atoms with Crippen LogP contribution < -0.4 is 15.5 Å². The highest BCUT2D eigenvalue weighted by Gasteiger charge is 2.20. The molecule has 28 heavy (non-hydrogen) atoms. The van der Waals surface area contributed by atoms with Crippen LogP contribution >= 0.6 is 11.8 Å².